The van der Waals surface area contributed by atoms with Crippen LogP contribution in [-0.4, -0.2) is 87.5 Å². The number of allylic oxidation sites excluding steroid dienone is 11. The third kappa shape index (κ3) is 29.0. The molecule has 0 saturated carbocycles. The number of carbonyl (C=O) groups excluding carboxylic acids is 1. The van der Waals surface area contributed by atoms with Crippen molar-refractivity contribution in [1.29, 1.82) is 0 Å². The quantitative estimate of drug-likeness (QED) is 0.0268. The lowest BCUT2D eigenvalue weighted by atomic mass is 9.99. The zero-order valence-corrected chi connectivity index (χ0v) is 36.5. The Labute approximate surface area is 353 Å². The number of carbonyl (C=O) groups is 1. The first kappa shape index (κ1) is 53.6. The molecule has 334 valence electrons. The van der Waals surface area contributed by atoms with E-state index in [1.54, 1.807) is 6.08 Å². The van der Waals surface area contributed by atoms with Gasteiger partial charge in [-0.2, -0.15) is 0 Å². The van der Waals surface area contributed by atoms with Gasteiger partial charge >= 0.3 is 0 Å². The number of rotatable bonds is 37. The third-order valence-electron chi connectivity index (χ3n) is 10.5. The lowest BCUT2D eigenvalue weighted by Crippen LogP contribution is -2.60. The third-order valence-corrected chi connectivity index (χ3v) is 10.5. The molecule has 1 aliphatic heterocycles. The summed E-state index contributed by atoms with van der Waals surface area (Å²) in [6, 6.07) is -0.840. The van der Waals surface area contributed by atoms with Crippen molar-refractivity contribution < 1.29 is 39.8 Å². The number of amides is 1. The molecule has 1 saturated heterocycles. The van der Waals surface area contributed by atoms with Gasteiger partial charge < -0.3 is 40.3 Å². The molecule has 58 heavy (non-hydrogen) atoms. The van der Waals surface area contributed by atoms with Crippen LogP contribution in [-0.2, 0) is 14.3 Å². The summed E-state index contributed by atoms with van der Waals surface area (Å²) in [5.41, 5.74) is 0. The zero-order chi connectivity index (χ0) is 42.3. The SMILES string of the molecule is CC/C=C\C/C=C\C/C=C\CCCCCCCC(=O)NC(COC1OC(CO)C(O)C(O)C1O)C(O)/C=C/CC/C=C/CC/C=C/CCCCCCCCCCCC. The second-order valence-electron chi connectivity index (χ2n) is 15.8. The van der Waals surface area contributed by atoms with Crippen molar-refractivity contribution in [3.8, 4) is 0 Å². The van der Waals surface area contributed by atoms with Crippen molar-refractivity contribution in [1.82, 2.24) is 5.32 Å². The number of ether oxygens (including phenoxy) is 2. The van der Waals surface area contributed by atoms with Gasteiger partial charge in [-0.3, -0.25) is 4.79 Å². The van der Waals surface area contributed by atoms with E-state index in [9.17, 15) is 30.3 Å². The molecule has 1 fully saturated rings. The van der Waals surface area contributed by atoms with E-state index < -0.39 is 49.5 Å². The normalized spacial score (nSPS) is 21.5. The largest absolute Gasteiger partial charge is 0.394 e. The summed E-state index contributed by atoms with van der Waals surface area (Å²) in [5.74, 6) is -0.212. The maximum absolute atomic E-state index is 12.9. The van der Waals surface area contributed by atoms with E-state index in [4.69, 9.17) is 9.47 Å². The first-order valence-electron chi connectivity index (χ1n) is 23.2. The number of hydrogen-bond donors (Lipinski definition) is 6. The summed E-state index contributed by atoms with van der Waals surface area (Å²) in [6.07, 6.45) is 45.2. The molecule has 9 nitrogen and oxygen atoms in total. The molecule has 1 amide bonds. The van der Waals surface area contributed by atoms with Crippen LogP contribution in [0.15, 0.2) is 72.9 Å². The number of aliphatic hydroxyl groups is 5. The van der Waals surface area contributed by atoms with Gasteiger partial charge in [-0.15, -0.1) is 0 Å². The van der Waals surface area contributed by atoms with Crippen LogP contribution in [0.1, 0.15) is 174 Å². The predicted molar refractivity (Wildman–Crippen MR) is 239 cm³/mol. The van der Waals surface area contributed by atoms with Gasteiger partial charge in [-0.25, -0.2) is 0 Å². The second kappa shape index (κ2) is 38.8. The summed E-state index contributed by atoms with van der Waals surface area (Å²) < 4.78 is 11.2. The van der Waals surface area contributed by atoms with E-state index in [2.05, 4.69) is 79.9 Å². The molecule has 1 heterocycles. The van der Waals surface area contributed by atoms with Crippen molar-refractivity contribution in [2.24, 2.45) is 0 Å². The number of aliphatic hydroxyl groups excluding tert-OH is 5. The molecule has 1 rings (SSSR count). The molecule has 9 heteroatoms. The zero-order valence-electron chi connectivity index (χ0n) is 36.5. The van der Waals surface area contributed by atoms with Crippen LogP contribution in [0.2, 0.25) is 0 Å². The first-order chi connectivity index (χ1) is 28.3. The van der Waals surface area contributed by atoms with E-state index in [1.807, 2.05) is 6.08 Å². The maximum Gasteiger partial charge on any atom is 0.220 e. The molecular weight excluding hydrogens is 731 g/mol. The molecule has 7 unspecified atom stereocenters. The molecule has 0 spiro atoms. The lowest BCUT2D eigenvalue weighted by Gasteiger charge is -2.40. The van der Waals surface area contributed by atoms with Crippen molar-refractivity contribution >= 4 is 5.91 Å². The van der Waals surface area contributed by atoms with Crippen molar-refractivity contribution in [2.45, 2.75) is 217 Å². The Morgan fingerprint density at radius 2 is 1.09 bits per heavy atom. The topological polar surface area (TPSA) is 149 Å². The Bertz CT molecular complexity index is 1130. The Kier molecular flexibility index (Phi) is 35.9. The number of unbranched alkanes of at least 4 members (excludes halogenated alkanes) is 17. The van der Waals surface area contributed by atoms with Crippen LogP contribution in [0, 0.1) is 0 Å². The summed E-state index contributed by atoms with van der Waals surface area (Å²) in [7, 11) is 0. The number of nitrogens with one attached hydrogen (secondary N) is 1. The Hall–Kier alpha value is -2.37. The molecule has 0 aromatic carbocycles. The molecule has 0 aromatic rings. The van der Waals surface area contributed by atoms with Gasteiger partial charge in [0, 0.05) is 6.42 Å². The molecule has 6 N–H and O–H groups in total. The molecule has 0 aromatic heterocycles. The molecule has 0 aliphatic carbocycles. The summed E-state index contributed by atoms with van der Waals surface area (Å²) in [5, 5.41) is 54.2. The van der Waals surface area contributed by atoms with E-state index in [0.717, 1.165) is 89.9 Å². The first-order valence-corrected chi connectivity index (χ1v) is 23.2. The predicted octanol–water partition coefficient (Wildman–Crippen LogP) is 9.78. The van der Waals surface area contributed by atoms with Gasteiger partial charge in [0.2, 0.25) is 5.91 Å². The van der Waals surface area contributed by atoms with Crippen molar-refractivity contribution in [3.63, 3.8) is 0 Å². The average molecular weight is 816 g/mol. The van der Waals surface area contributed by atoms with Gasteiger partial charge in [-0.05, 0) is 77.0 Å². The Morgan fingerprint density at radius 3 is 1.66 bits per heavy atom. The molecule has 0 bridgehead atoms. The van der Waals surface area contributed by atoms with E-state index >= 15 is 0 Å². The van der Waals surface area contributed by atoms with Crippen molar-refractivity contribution in [2.75, 3.05) is 13.2 Å². The Morgan fingerprint density at radius 1 is 0.603 bits per heavy atom. The number of hydrogen-bond acceptors (Lipinski definition) is 8. The van der Waals surface area contributed by atoms with Crippen LogP contribution < -0.4 is 5.32 Å². The van der Waals surface area contributed by atoms with Crippen molar-refractivity contribution in [3.05, 3.63) is 72.9 Å². The van der Waals surface area contributed by atoms with Crippen LogP contribution in [0.3, 0.4) is 0 Å². The highest BCUT2D eigenvalue weighted by Crippen LogP contribution is 2.22. The molecular formula is C49H85NO8. The second-order valence-corrected chi connectivity index (χ2v) is 15.8. The highest BCUT2D eigenvalue weighted by molar-refractivity contribution is 5.76. The van der Waals surface area contributed by atoms with E-state index in [-0.39, 0.29) is 12.5 Å². The molecule has 7 atom stereocenters. The molecule has 0 radical (unpaired) electrons. The van der Waals surface area contributed by atoms with Gasteiger partial charge in [0.05, 0.1) is 25.4 Å². The minimum Gasteiger partial charge on any atom is -0.394 e. The van der Waals surface area contributed by atoms with E-state index in [0.29, 0.717) is 6.42 Å². The fraction of sp³-hybridized carbons (Fsp3) is 0.735. The fourth-order valence-corrected chi connectivity index (χ4v) is 6.79. The standard InChI is InChI=1S/C49H85NO8/c1-3-5-7-9-11-13-15-17-19-20-21-22-23-25-26-28-30-32-34-36-38-43(52)42(41-57-49-48(56)47(55)46(54)44(40-51)58-49)50-45(53)39-37-35-33-31-29-27-24-18-16-14-12-10-8-6-4-2/h6,8,12,14,18,22-24,28,30,36,38,42-44,46-49,51-52,54-56H,3-5,7,9-11,13,15-17,19-21,25-27,29,31-35,37,39-41H2,1-2H3,(H,50,53)/b8-6-,14-12-,23-22+,24-18-,30-28+,38-36+. The fourth-order valence-electron chi connectivity index (χ4n) is 6.79. The van der Waals surface area contributed by atoms with Crippen LogP contribution in [0.25, 0.3) is 0 Å². The Balaban J connectivity index is 2.41. The van der Waals surface area contributed by atoms with Gasteiger partial charge in [0.1, 0.15) is 24.4 Å². The van der Waals surface area contributed by atoms with Gasteiger partial charge in [0.15, 0.2) is 6.29 Å². The van der Waals surface area contributed by atoms with E-state index in [1.165, 1.54) is 64.2 Å². The minimum absolute atomic E-state index is 0.212. The lowest BCUT2D eigenvalue weighted by molar-refractivity contribution is -0.302. The van der Waals surface area contributed by atoms with Gasteiger partial charge in [0.25, 0.3) is 0 Å². The highest BCUT2D eigenvalue weighted by Gasteiger charge is 2.44. The molecule has 1 aliphatic rings. The summed E-state index contributed by atoms with van der Waals surface area (Å²) >= 11 is 0. The average Bonchev–Trinajstić information content (AvgIpc) is 3.22. The van der Waals surface area contributed by atoms with Crippen LogP contribution in [0.4, 0.5) is 0 Å². The summed E-state index contributed by atoms with van der Waals surface area (Å²) in [6.45, 7) is 3.61. The maximum atomic E-state index is 12.9. The van der Waals surface area contributed by atoms with Crippen LogP contribution in [0.5, 0.6) is 0 Å². The minimum atomic E-state index is -1.58. The van der Waals surface area contributed by atoms with Crippen LogP contribution >= 0.6 is 0 Å². The smallest absolute Gasteiger partial charge is 0.220 e. The van der Waals surface area contributed by atoms with Gasteiger partial charge in [-0.1, -0.05) is 164 Å². The monoisotopic (exact) mass is 816 g/mol. The highest BCUT2D eigenvalue weighted by atomic mass is 16.7. The summed E-state index contributed by atoms with van der Waals surface area (Å²) in [4.78, 5) is 12.9.